The average Bonchev–Trinajstić information content (AvgIpc) is 2.29. The van der Waals surface area contributed by atoms with Gasteiger partial charge in [-0.1, -0.05) is 13.0 Å². The van der Waals surface area contributed by atoms with E-state index in [2.05, 4.69) is 0 Å². The number of sulfonamides is 1. The van der Waals surface area contributed by atoms with Crippen molar-refractivity contribution < 1.29 is 13.5 Å². The Morgan fingerprint density at radius 3 is 2.30 bits per heavy atom. The van der Waals surface area contributed by atoms with Crippen molar-refractivity contribution in [2.75, 3.05) is 18.8 Å². The number of hydrogen-bond donors (Lipinski definition) is 2. The summed E-state index contributed by atoms with van der Waals surface area (Å²) in [6.45, 7) is 8.71. The van der Waals surface area contributed by atoms with E-state index in [0.29, 0.717) is 23.4 Å². The fraction of sp³-hybridized carbons (Fsp3) is 0.571. The van der Waals surface area contributed by atoms with E-state index in [4.69, 9.17) is 5.73 Å². The molecule has 0 atom stereocenters. The van der Waals surface area contributed by atoms with E-state index in [9.17, 15) is 13.5 Å². The van der Waals surface area contributed by atoms with E-state index < -0.39 is 15.6 Å². The largest absolute Gasteiger partial charge is 0.398 e. The molecule has 0 aliphatic rings. The number of nitrogen functional groups attached to an aromatic ring is 1. The second kappa shape index (κ2) is 5.71. The van der Waals surface area contributed by atoms with Crippen LogP contribution in [0.4, 0.5) is 5.69 Å². The fourth-order valence-electron chi connectivity index (χ4n) is 2.17. The van der Waals surface area contributed by atoms with Crippen molar-refractivity contribution in [1.82, 2.24) is 4.31 Å². The number of nitrogens with two attached hydrogens (primary N) is 1. The van der Waals surface area contributed by atoms with Crippen molar-refractivity contribution in [1.29, 1.82) is 0 Å². The molecule has 0 saturated carbocycles. The quantitative estimate of drug-likeness (QED) is 0.810. The topological polar surface area (TPSA) is 83.6 Å². The molecule has 0 heterocycles. The number of rotatable bonds is 5. The average molecular weight is 300 g/mol. The van der Waals surface area contributed by atoms with Crippen LogP contribution in [-0.2, 0) is 10.0 Å². The molecule has 5 nitrogen and oxygen atoms in total. The van der Waals surface area contributed by atoms with Gasteiger partial charge in [-0.15, -0.1) is 0 Å². The van der Waals surface area contributed by atoms with Gasteiger partial charge in [0.1, 0.15) is 0 Å². The second-order valence-corrected chi connectivity index (χ2v) is 7.54. The molecule has 0 fully saturated rings. The summed E-state index contributed by atoms with van der Waals surface area (Å²) >= 11 is 0. The number of benzene rings is 1. The van der Waals surface area contributed by atoms with Crippen molar-refractivity contribution >= 4 is 15.7 Å². The third kappa shape index (κ3) is 3.50. The number of aliphatic hydroxyl groups is 1. The van der Waals surface area contributed by atoms with Crippen molar-refractivity contribution in [3.63, 3.8) is 0 Å². The first-order valence-electron chi connectivity index (χ1n) is 6.59. The maximum absolute atomic E-state index is 12.8. The van der Waals surface area contributed by atoms with Gasteiger partial charge in [-0.25, -0.2) is 8.42 Å². The Bertz CT molecular complexity index is 589. The summed E-state index contributed by atoms with van der Waals surface area (Å²) in [7, 11) is -3.67. The van der Waals surface area contributed by atoms with Crippen LogP contribution in [0.2, 0.25) is 0 Å². The summed E-state index contributed by atoms with van der Waals surface area (Å²) in [5, 5.41) is 9.89. The molecule has 0 spiro atoms. The Kier molecular flexibility index (Phi) is 4.84. The van der Waals surface area contributed by atoms with Gasteiger partial charge in [0.15, 0.2) is 0 Å². The van der Waals surface area contributed by atoms with Crippen molar-refractivity contribution in [2.24, 2.45) is 0 Å². The van der Waals surface area contributed by atoms with Gasteiger partial charge in [-0.3, -0.25) is 0 Å². The third-order valence-corrected chi connectivity index (χ3v) is 5.37. The van der Waals surface area contributed by atoms with E-state index >= 15 is 0 Å². The molecule has 114 valence electrons. The zero-order valence-corrected chi connectivity index (χ0v) is 13.6. The van der Waals surface area contributed by atoms with Gasteiger partial charge >= 0.3 is 0 Å². The molecule has 0 aromatic heterocycles. The smallest absolute Gasteiger partial charge is 0.243 e. The minimum absolute atomic E-state index is 0.0412. The Morgan fingerprint density at radius 1 is 1.30 bits per heavy atom. The molecule has 0 aliphatic heterocycles. The first kappa shape index (κ1) is 16.9. The van der Waals surface area contributed by atoms with Crippen LogP contribution < -0.4 is 5.73 Å². The first-order chi connectivity index (χ1) is 9.00. The highest BCUT2D eigenvalue weighted by atomic mass is 32.2. The zero-order valence-electron chi connectivity index (χ0n) is 12.8. The summed E-state index contributed by atoms with van der Waals surface area (Å²) in [6, 6.07) is 3.41. The number of aryl methyl sites for hydroxylation is 1. The van der Waals surface area contributed by atoms with Gasteiger partial charge in [0.2, 0.25) is 10.0 Å². The van der Waals surface area contributed by atoms with E-state index in [1.165, 1.54) is 4.31 Å². The molecule has 20 heavy (non-hydrogen) atoms. The Labute approximate surface area is 121 Å². The van der Waals surface area contributed by atoms with Crippen LogP contribution in [0.1, 0.15) is 31.9 Å². The lowest BCUT2D eigenvalue weighted by Gasteiger charge is -2.28. The summed E-state index contributed by atoms with van der Waals surface area (Å²) in [4.78, 5) is 0.239. The Balaban J connectivity index is 3.39. The summed E-state index contributed by atoms with van der Waals surface area (Å²) in [5.74, 6) is 0. The minimum Gasteiger partial charge on any atom is -0.398 e. The fourth-order valence-corrected chi connectivity index (χ4v) is 4.23. The number of nitrogens with zero attached hydrogens (tertiary/aromatic N) is 1. The van der Waals surface area contributed by atoms with Gasteiger partial charge in [-0.05, 0) is 44.9 Å². The molecule has 1 aromatic rings. The lowest BCUT2D eigenvalue weighted by Crippen LogP contribution is -2.42. The molecular formula is C14H24N2O3S. The molecular weight excluding hydrogens is 276 g/mol. The monoisotopic (exact) mass is 300 g/mol. The van der Waals surface area contributed by atoms with E-state index in [1.54, 1.807) is 46.8 Å². The molecule has 0 amide bonds. The second-order valence-electron chi connectivity index (χ2n) is 5.67. The molecule has 3 N–H and O–H groups in total. The lowest BCUT2D eigenvalue weighted by molar-refractivity contribution is 0.0601. The van der Waals surface area contributed by atoms with Crippen molar-refractivity contribution in [2.45, 2.75) is 45.1 Å². The van der Waals surface area contributed by atoms with E-state index in [0.717, 1.165) is 0 Å². The Hall–Kier alpha value is -1.11. The standard InChI is InChI=1S/C14H24N2O3S/c1-6-16(9-14(4,5)17)20(18,19)13-10(2)7-8-12(15)11(13)3/h7-8,17H,6,9,15H2,1-5H3. The summed E-state index contributed by atoms with van der Waals surface area (Å²) in [6.07, 6.45) is 0. The highest BCUT2D eigenvalue weighted by Crippen LogP contribution is 2.28. The van der Waals surface area contributed by atoms with Crippen molar-refractivity contribution in [3.05, 3.63) is 23.3 Å². The number of likely N-dealkylation sites (N-methyl/N-ethyl adjacent to an activating group) is 1. The number of anilines is 1. The summed E-state index contributed by atoms with van der Waals surface area (Å²) in [5.41, 5.74) is 6.40. The van der Waals surface area contributed by atoms with Gasteiger partial charge in [0.05, 0.1) is 10.5 Å². The first-order valence-corrected chi connectivity index (χ1v) is 8.03. The van der Waals surface area contributed by atoms with Crippen LogP contribution in [0.5, 0.6) is 0 Å². The van der Waals surface area contributed by atoms with Crippen LogP contribution in [0.25, 0.3) is 0 Å². The molecule has 1 rings (SSSR count). The van der Waals surface area contributed by atoms with E-state index in [1.807, 2.05) is 0 Å². The van der Waals surface area contributed by atoms with Gasteiger partial charge in [0, 0.05) is 18.8 Å². The molecule has 0 radical (unpaired) electrons. The van der Waals surface area contributed by atoms with Crippen LogP contribution in [0, 0.1) is 13.8 Å². The molecule has 0 saturated heterocycles. The summed E-state index contributed by atoms with van der Waals surface area (Å²) < 4.78 is 26.9. The maximum Gasteiger partial charge on any atom is 0.243 e. The molecule has 0 unspecified atom stereocenters. The molecule has 6 heteroatoms. The highest BCUT2D eigenvalue weighted by molar-refractivity contribution is 7.89. The zero-order chi connectivity index (χ0) is 15.7. The van der Waals surface area contributed by atoms with Crippen LogP contribution in [0.15, 0.2) is 17.0 Å². The Morgan fingerprint density at radius 2 is 1.85 bits per heavy atom. The lowest BCUT2D eigenvalue weighted by atomic mass is 10.1. The van der Waals surface area contributed by atoms with Crippen LogP contribution in [-0.4, -0.2) is 36.5 Å². The van der Waals surface area contributed by atoms with Crippen molar-refractivity contribution in [3.8, 4) is 0 Å². The minimum atomic E-state index is -3.67. The van der Waals surface area contributed by atoms with Crippen LogP contribution >= 0.6 is 0 Å². The maximum atomic E-state index is 12.8. The van der Waals surface area contributed by atoms with E-state index in [-0.39, 0.29) is 11.4 Å². The predicted octanol–water partition coefficient (Wildman–Crippen LogP) is 1.67. The molecule has 0 bridgehead atoms. The van der Waals surface area contributed by atoms with Gasteiger partial charge in [-0.2, -0.15) is 4.31 Å². The highest BCUT2D eigenvalue weighted by Gasteiger charge is 2.31. The predicted molar refractivity (Wildman–Crippen MR) is 81.1 cm³/mol. The third-order valence-electron chi connectivity index (χ3n) is 3.16. The molecule has 0 aliphatic carbocycles. The SMILES string of the molecule is CCN(CC(C)(C)O)S(=O)(=O)c1c(C)ccc(N)c1C. The molecule has 1 aromatic carbocycles. The number of hydrogen-bond acceptors (Lipinski definition) is 4. The van der Waals surface area contributed by atoms with Crippen LogP contribution in [0.3, 0.4) is 0 Å². The van der Waals surface area contributed by atoms with Gasteiger partial charge in [0.25, 0.3) is 0 Å². The van der Waals surface area contributed by atoms with Gasteiger partial charge < -0.3 is 10.8 Å². The normalized spacial score (nSPS) is 12.9.